The van der Waals surface area contributed by atoms with Crippen LogP contribution in [0.1, 0.15) is 35.2 Å². The lowest BCUT2D eigenvalue weighted by Crippen LogP contribution is -2.18. The zero-order valence-electron chi connectivity index (χ0n) is 16.2. The van der Waals surface area contributed by atoms with Gasteiger partial charge in [-0.1, -0.05) is 30.8 Å². The normalized spacial score (nSPS) is 11.8. The van der Waals surface area contributed by atoms with Crippen LogP contribution in [-0.4, -0.2) is 21.6 Å². The maximum Gasteiger partial charge on any atom is 0.418 e. The molecule has 0 atom stereocenters. The van der Waals surface area contributed by atoms with Crippen molar-refractivity contribution in [3.8, 4) is 0 Å². The summed E-state index contributed by atoms with van der Waals surface area (Å²) >= 11 is 2.80. The molecule has 3 rings (SSSR count). The molecule has 4 nitrogen and oxygen atoms in total. The van der Waals surface area contributed by atoms with E-state index in [1.54, 1.807) is 11.3 Å². The van der Waals surface area contributed by atoms with Crippen LogP contribution in [0.3, 0.4) is 0 Å². The molecule has 0 aliphatic heterocycles. The molecule has 0 saturated carbocycles. The summed E-state index contributed by atoms with van der Waals surface area (Å²) in [4.78, 5) is 23.6. The summed E-state index contributed by atoms with van der Waals surface area (Å²) in [7, 11) is 0. The fraction of sp³-hybridized carbons (Fsp3) is 0.350. The lowest BCUT2D eigenvalue weighted by molar-refractivity contribution is -0.137. The van der Waals surface area contributed by atoms with E-state index in [9.17, 15) is 18.0 Å². The number of anilines is 1. The number of para-hydroxylation sites is 1. The maximum absolute atomic E-state index is 13.1. The molecular formula is C20H20F3N3OS2. The van der Waals surface area contributed by atoms with Gasteiger partial charge in [0.1, 0.15) is 15.7 Å². The number of carbonyl (C=O) groups is 1. The van der Waals surface area contributed by atoms with Gasteiger partial charge in [0.2, 0.25) is 5.91 Å². The quantitative estimate of drug-likeness (QED) is 0.377. The van der Waals surface area contributed by atoms with Crippen molar-refractivity contribution in [2.75, 3.05) is 11.1 Å². The largest absolute Gasteiger partial charge is 0.418 e. The van der Waals surface area contributed by atoms with Gasteiger partial charge >= 0.3 is 6.18 Å². The Morgan fingerprint density at radius 1 is 1.21 bits per heavy atom. The molecule has 2 heterocycles. The SMILES string of the molecule is CCCc1nc(SCC(=O)Nc2ccccc2C(F)(F)F)c2c(C)c(C)sc2n1. The molecule has 0 spiro atoms. The van der Waals surface area contributed by atoms with Crippen molar-refractivity contribution in [3.63, 3.8) is 0 Å². The Hall–Kier alpha value is -2.13. The van der Waals surface area contributed by atoms with Crippen molar-refractivity contribution in [1.29, 1.82) is 0 Å². The van der Waals surface area contributed by atoms with Gasteiger partial charge in [-0.15, -0.1) is 11.3 Å². The summed E-state index contributed by atoms with van der Waals surface area (Å²) in [6, 6.07) is 4.95. The first-order valence-electron chi connectivity index (χ1n) is 9.06. The molecule has 0 radical (unpaired) electrons. The summed E-state index contributed by atoms with van der Waals surface area (Å²) in [5, 5.41) is 3.99. The van der Waals surface area contributed by atoms with Crippen LogP contribution in [0.25, 0.3) is 10.2 Å². The molecular weight excluding hydrogens is 419 g/mol. The molecule has 0 fully saturated rings. The van der Waals surface area contributed by atoms with Crippen molar-refractivity contribution in [2.24, 2.45) is 0 Å². The van der Waals surface area contributed by atoms with Crippen LogP contribution in [0.4, 0.5) is 18.9 Å². The predicted octanol–water partition coefficient (Wildman–Crippen LogP) is 6.01. The Kier molecular flexibility index (Phi) is 6.48. The molecule has 0 aliphatic rings. The highest BCUT2D eigenvalue weighted by atomic mass is 32.2. The molecule has 3 aromatic rings. The number of thiophene rings is 1. The number of halogens is 3. The zero-order chi connectivity index (χ0) is 21.2. The number of nitrogens with one attached hydrogen (secondary N) is 1. The summed E-state index contributed by atoms with van der Waals surface area (Å²) in [6.45, 7) is 6.04. The molecule has 9 heteroatoms. The molecule has 154 valence electrons. The van der Waals surface area contributed by atoms with Crippen LogP contribution in [0.2, 0.25) is 0 Å². The molecule has 2 aromatic heterocycles. The van der Waals surface area contributed by atoms with E-state index in [0.29, 0.717) is 10.9 Å². The smallest absolute Gasteiger partial charge is 0.325 e. The number of rotatable bonds is 6. The van der Waals surface area contributed by atoms with E-state index in [-0.39, 0.29) is 11.4 Å². The number of nitrogens with zero attached hydrogens (tertiary/aromatic N) is 2. The number of hydrogen-bond acceptors (Lipinski definition) is 5. The van der Waals surface area contributed by atoms with E-state index in [0.717, 1.165) is 39.6 Å². The second-order valence-corrected chi connectivity index (χ2v) is 8.71. The van der Waals surface area contributed by atoms with Crippen molar-refractivity contribution in [2.45, 2.75) is 44.8 Å². The third kappa shape index (κ3) is 4.90. The van der Waals surface area contributed by atoms with Crippen LogP contribution < -0.4 is 5.32 Å². The minimum atomic E-state index is -4.53. The van der Waals surface area contributed by atoms with Gasteiger partial charge in [-0.2, -0.15) is 13.2 Å². The first-order valence-corrected chi connectivity index (χ1v) is 10.9. The van der Waals surface area contributed by atoms with Gasteiger partial charge in [0.15, 0.2) is 0 Å². The van der Waals surface area contributed by atoms with Crippen LogP contribution in [0.5, 0.6) is 0 Å². The summed E-state index contributed by atoms with van der Waals surface area (Å²) in [5.41, 5.74) is -0.0386. The summed E-state index contributed by atoms with van der Waals surface area (Å²) in [5.74, 6) is 0.157. The lowest BCUT2D eigenvalue weighted by Gasteiger charge is -2.13. The van der Waals surface area contributed by atoms with Crippen LogP contribution in [0.15, 0.2) is 29.3 Å². The van der Waals surface area contributed by atoms with Gasteiger partial charge in [-0.05, 0) is 38.0 Å². The predicted molar refractivity (Wildman–Crippen MR) is 112 cm³/mol. The number of amides is 1. The molecule has 0 aliphatic carbocycles. The number of aromatic nitrogens is 2. The van der Waals surface area contributed by atoms with Gasteiger partial charge in [0, 0.05) is 16.7 Å². The fourth-order valence-electron chi connectivity index (χ4n) is 2.85. The number of alkyl halides is 3. The number of thioether (sulfide) groups is 1. The number of aryl methyl sites for hydroxylation is 3. The van der Waals surface area contributed by atoms with Gasteiger partial charge in [0.05, 0.1) is 17.0 Å². The van der Waals surface area contributed by atoms with Gasteiger partial charge in [0.25, 0.3) is 0 Å². The van der Waals surface area contributed by atoms with E-state index in [1.165, 1.54) is 30.0 Å². The van der Waals surface area contributed by atoms with E-state index in [4.69, 9.17) is 0 Å². The number of fused-ring (bicyclic) bond motifs is 1. The van der Waals surface area contributed by atoms with E-state index < -0.39 is 17.6 Å². The van der Waals surface area contributed by atoms with Gasteiger partial charge < -0.3 is 5.32 Å². The van der Waals surface area contributed by atoms with Gasteiger partial charge in [-0.3, -0.25) is 4.79 Å². The zero-order valence-corrected chi connectivity index (χ0v) is 17.8. The third-order valence-electron chi connectivity index (χ3n) is 4.36. The molecule has 1 amide bonds. The van der Waals surface area contributed by atoms with Crippen molar-refractivity contribution in [1.82, 2.24) is 9.97 Å². The van der Waals surface area contributed by atoms with Crippen molar-refractivity contribution >= 4 is 44.9 Å². The van der Waals surface area contributed by atoms with E-state index >= 15 is 0 Å². The Morgan fingerprint density at radius 3 is 2.62 bits per heavy atom. The monoisotopic (exact) mass is 439 g/mol. The van der Waals surface area contributed by atoms with Crippen molar-refractivity contribution in [3.05, 3.63) is 46.1 Å². The first-order chi connectivity index (χ1) is 13.7. The molecule has 29 heavy (non-hydrogen) atoms. The topological polar surface area (TPSA) is 54.9 Å². The number of carbonyl (C=O) groups excluding carboxylic acids is 1. The Balaban J connectivity index is 1.81. The Labute approximate surface area is 175 Å². The third-order valence-corrected chi connectivity index (χ3v) is 6.44. The molecule has 1 aromatic carbocycles. The highest BCUT2D eigenvalue weighted by Gasteiger charge is 2.33. The van der Waals surface area contributed by atoms with Crippen LogP contribution in [0, 0.1) is 13.8 Å². The second kappa shape index (κ2) is 8.71. The minimum Gasteiger partial charge on any atom is -0.325 e. The maximum atomic E-state index is 13.1. The fourth-order valence-corrected chi connectivity index (χ4v) is 4.87. The standard InChI is InChI=1S/C20H20F3N3OS2/c1-4-7-15-25-18(17-11(2)12(3)29-19(17)26-15)28-10-16(27)24-14-9-6-5-8-13(14)20(21,22)23/h5-6,8-9H,4,7,10H2,1-3H3,(H,24,27). The Morgan fingerprint density at radius 2 is 1.93 bits per heavy atom. The second-order valence-electron chi connectivity index (χ2n) is 6.54. The highest BCUT2D eigenvalue weighted by molar-refractivity contribution is 8.00. The number of benzene rings is 1. The average molecular weight is 440 g/mol. The molecule has 0 unspecified atom stereocenters. The van der Waals surface area contributed by atoms with Crippen LogP contribution in [-0.2, 0) is 17.4 Å². The van der Waals surface area contributed by atoms with Gasteiger partial charge in [-0.25, -0.2) is 9.97 Å². The first kappa shape index (κ1) is 21.6. The summed E-state index contributed by atoms with van der Waals surface area (Å²) in [6.07, 6.45) is -2.91. The summed E-state index contributed by atoms with van der Waals surface area (Å²) < 4.78 is 39.3. The molecule has 1 N–H and O–H groups in total. The molecule has 0 bridgehead atoms. The number of hydrogen-bond donors (Lipinski definition) is 1. The average Bonchev–Trinajstić information content (AvgIpc) is 2.93. The minimum absolute atomic E-state index is 0.0434. The molecule has 0 saturated heterocycles. The van der Waals surface area contributed by atoms with Crippen molar-refractivity contribution < 1.29 is 18.0 Å². The van der Waals surface area contributed by atoms with E-state index in [1.807, 2.05) is 20.8 Å². The Bertz CT molecular complexity index is 1050. The highest BCUT2D eigenvalue weighted by Crippen LogP contribution is 2.36. The van der Waals surface area contributed by atoms with E-state index in [2.05, 4.69) is 15.3 Å². The lowest BCUT2D eigenvalue weighted by atomic mass is 10.1. The van der Waals surface area contributed by atoms with Crippen LogP contribution >= 0.6 is 23.1 Å².